The van der Waals surface area contributed by atoms with Crippen molar-refractivity contribution in [2.24, 2.45) is 0 Å². The first kappa shape index (κ1) is 14.3. The van der Waals surface area contributed by atoms with E-state index in [1.165, 1.54) is 4.88 Å². The van der Waals surface area contributed by atoms with Crippen LogP contribution in [0.25, 0.3) is 0 Å². The summed E-state index contributed by atoms with van der Waals surface area (Å²) >= 11 is 1.84. The van der Waals surface area contributed by atoms with Gasteiger partial charge in [-0.3, -0.25) is 0 Å². The van der Waals surface area contributed by atoms with E-state index in [0.29, 0.717) is 6.04 Å². The van der Waals surface area contributed by atoms with Gasteiger partial charge in [0.25, 0.3) is 0 Å². The summed E-state index contributed by atoms with van der Waals surface area (Å²) in [7, 11) is 2.19. The van der Waals surface area contributed by atoms with Crippen molar-refractivity contribution >= 4 is 11.3 Å². The Morgan fingerprint density at radius 3 is 2.95 bits per heavy atom. The van der Waals surface area contributed by atoms with E-state index in [9.17, 15) is 0 Å². The van der Waals surface area contributed by atoms with Crippen molar-refractivity contribution in [3.8, 4) is 0 Å². The Morgan fingerprint density at radius 2 is 2.26 bits per heavy atom. The molecule has 0 spiro atoms. The third-order valence-electron chi connectivity index (χ3n) is 3.35. The molecule has 104 valence electrons. The van der Waals surface area contributed by atoms with E-state index in [2.05, 4.69) is 41.7 Å². The van der Waals surface area contributed by atoms with E-state index < -0.39 is 0 Å². The Labute approximate surface area is 119 Å². The summed E-state index contributed by atoms with van der Waals surface area (Å²) in [5.74, 6) is 0.995. The zero-order valence-electron chi connectivity index (χ0n) is 11.6. The fraction of sp³-hybridized carbons (Fsp3) is 0.467. The molecular weight excluding hydrogens is 256 g/mol. The minimum Gasteiger partial charge on any atom is -0.468 e. The van der Waals surface area contributed by atoms with Crippen LogP contribution in [0.2, 0.25) is 0 Å². The van der Waals surface area contributed by atoms with E-state index >= 15 is 0 Å². The van der Waals surface area contributed by atoms with Gasteiger partial charge in [-0.25, -0.2) is 0 Å². The zero-order chi connectivity index (χ0) is 13.5. The average Bonchev–Trinajstić information content (AvgIpc) is 3.07. The summed E-state index contributed by atoms with van der Waals surface area (Å²) in [6.07, 6.45) is 2.85. The first-order chi connectivity index (χ1) is 9.25. The van der Waals surface area contributed by atoms with E-state index in [0.717, 1.165) is 31.8 Å². The van der Waals surface area contributed by atoms with Gasteiger partial charge in [-0.15, -0.1) is 11.3 Å². The molecule has 0 aliphatic rings. The first-order valence-corrected chi connectivity index (χ1v) is 7.59. The lowest BCUT2D eigenvalue weighted by Gasteiger charge is -2.24. The van der Waals surface area contributed by atoms with Crippen molar-refractivity contribution < 1.29 is 4.42 Å². The minimum atomic E-state index is 0.573. The molecule has 2 rings (SSSR count). The normalized spacial score (nSPS) is 13.0. The molecule has 0 saturated heterocycles. The van der Waals surface area contributed by atoms with Gasteiger partial charge in [0.05, 0.1) is 12.8 Å². The molecule has 0 amide bonds. The van der Waals surface area contributed by atoms with Crippen LogP contribution < -0.4 is 5.32 Å². The fourth-order valence-electron chi connectivity index (χ4n) is 1.98. The highest BCUT2D eigenvalue weighted by atomic mass is 32.1. The van der Waals surface area contributed by atoms with Gasteiger partial charge in [0.15, 0.2) is 0 Å². The molecule has 19 heavy (non-hydrogen) atoms. The molecule has 2 aromatic rings. The molecule has 0 aliphatic heterocycles. The van der Waals surface area contributed by atoms with Gasteiger partial charge >= 0.3 is 0 Å². The molecule has 2 aromatic heterocycles. The number of hydrogen-bond acceptors (Lipinski definition) is 4. The van der Waals surface area contributed by atoms with Crippen LogP contribution in [0.4, 0.5) is 0 Å². The van der Waals surface area contributed by atoms with E-state index in [4.69, 9.17) is 4.42 Å². The second-order valence-electron chi connectivity index (χ2n) is 4.87. The maximum absolute atomic E-state index is 5.28. The summed E-state index contributed by atoms with van der Waals surface area (Å²) in [4.78, 5) is 3.86. The number of hydrogen-bond donors (Lipinski definition) is 1. The molecule has 2 heterocycles. The summed E-state index contributed by atoms with van der Waals surface area (Å²) in [5, 5.41) is 5.55. The molecular formula is C15H22N2OS. The Kier molecular flexibility index (Phi) is 5.63. The van der Waals surface area contributed by atoms with Crippen LogP contribution in [0.15, 0.2) is 40.3 Å². The van der Waals surface area contributed by atoms with Crippen LogP contribution in [0, 0.1) is 0 Å². The molecule has 0 aliphatic carbocycles. The number of thiophene rings is 1. The highest BCUT2D eigenvalue weighted by Crippen LogP contribution is 2.13. The van der Waals surface area contributed by atoms with Crippen molar-refractivity contribution in [3.05, 3.63) is 46.5 Å². The third kappa shape index (κ3) is 4.82. The molecule has 4 heteroatoms. The smallest absolute Gasteiger partial charge is 0.117 e. The first-order valence-electron chi connectivity index (χ1n) is 6.71. The molecule has 0 saturated carbocycles. The molecule has 1 unspecified atom stereocenters. The number of likely N-dealkylation sites (N-methyl/N-ethyl adjacent to an activating group) is 1. The van der Waals surface area contributed by atoms with Gasteiger partial charge in [-0.05, 0) is 44.0 Å². The Hall–Kier alpha value is -1.10. The fourth-order valence-corrected chi connectivity index (χ4v) is 2.80. The van der Waals surface area contributed by atoms with Crippen LogP contribution >= 0.6 is 11.3 Å². The van der Waals surface area contributed by atoms with Crippen molar-refractivity contribution in [3.63, 3.8) is 0 Å². The Bertz CT molecular complexity index is 439. The average molecular weight is 278 g/mol. The highest BCUT2D eigenvalue weighted by Gasteiger charge is 2.10. The second kappa shape index (κ2) is 7.48. The third-order valence-corrected chi connectivity index (χ3v) is 4.25. The number of nitrogens with zero attached hydrogens (tertiary/aromatic N) is 1. The molecule has 0 bridgehead atoms. The highest BCUT2D eigenvalue weighted by molar-refractivity contribution is 7.09. The van der Waals surface area contributed by atoms with Crippen molar-refractivity contribution in [1.82, 2.24) is 10.2 Å². The predicted octanol–water partition coefficient (Wildman–Crippen LogP) is 2.99. The number of furan rings is 1. The lowest BCUT2D eigenvalue weighted by Crippen LogP contribution is -2.36. The van der Waals surface area contributed by atoms with Crippen molar-refractivity contribution in [2.45, 2.75) is 25.9 Å². The van der Waals surface area contributed by atoms with Gasteiger partial charge in [-0.2, -0.15) is 0 Å². The second-order valence-corrected chi connectivity index (χ2v) is 5.90. The molecule has 0 aromatic carbocycles. The summed E-state index contributed by atoms with van der Waals surface area (Å²) < 4.78 is 5.28. The van der Waals surface area contributed by atoms with Gasteiger partial charge in [0, 0.05) is 24.0 Å². The van der Waals surface area contributed by atoms with Crippen LogP contribution in [0.5, 0.6) is 0 Å². The molecule has 0 radical (unpaired) electrons. The Balaban J connectivity index is 1.62. The van der Waals surface area contributed by atoms with Crippen molar-refractivity contribution in [2.75, 3.05) is 20.1 Å². The van der Waals surface area contributed by atoms with Crippen LogP contribution in [0.3, 0.4) is 0 Å². The van der Waals surface area contributed by atoms with Crippen LogP contribution in [-0.2, 0) is 13.0 Å². The molecule has 1 atom stereocenters. The maximum Gasteiger partial charge on any atom is 0.117 e. The standard InChI is InChI=1S/C15H22N2OS/c1-13(11-15-6-4-10-19-15)17(2)8-7-16-12-14-5-3-9-18-14/h3-6,9-10,13,16H,7-8,11-12H2,1-2H3. The van der Waals surface area contributed by atoms with E-state index in [1.807, 2.05) is 23.5 Å². The predicted molar refractivity (Wildman–Crippen MR) is 80.5 cm³/mol. The monoisotopic (exact) mass is 278 g/mol. The van der Waals surface area contributed by atoms with Gasteiger partial charge in [0.2, 0.25) is 0 Å². The lowest BCUT2D eigenvalue weighted by atomic mass is 10.2. The maximum atomic E-state index is 5.28. The quantitative estimate of drug-likeness (QED) is 0.753. The Morgan fingerprint density at radius 1 is 1.37 bits per heavy atom. The zero-order valence-corrected chi connectivity index (χ0v) is 12.5. The molecule has 3 nitrogen and oxygen atoms in total. The summed E-state index contributed by atoms with van der Waals surface area (Å²) in [5.41, 5.74) is 0. The van der Waals surface area contributed by atoms with Gasteiger partial charge in [0.1, 0.15) is 5.76 Å². The van der Waals surface area contributed by atoms with Crippen LogP contribution in [-0.4, -0.2) is 31.1 Å². The van der Waals surface area contributed by atoms with E-state index in [1.54, 1.807) is 6.26 Å². The molecule has 1 N–H and O–H groups in total. The molecule has 0 fully saturated rings. The topological polar surface area (TPSA) is 28.4 Å². The van der Waals surface area contributed by atoms with Gasteiger partial charge in [-0.1, -0.05) is 6.07 Å². The summed E-state index contributed by atoms with van der Waals surface area (Å²) in [6, 6.07) is 8.83. The number of rotatable bonds is 8. The SMILES string of the molecule is CC(Cc1cccs1)N(C)CCNCc1ccco1. The van der Waals surface area contributed by atoms with Gasteiger partial charge < -0.3 is 14.6 Å². The lowest BCUT2D eigenvalue weighted by molar-refractivity contribution is 0.256. The summed E-state index contributed by atoms with van der Waals surface area (Å²) in [6.45, 7) is 5.12. The largest absolute Gasteiger partial charge is 0.468 e. The minimum absolute atomic E-state index is 0.573. The van der Waals surface area contributed by atoms with Crippen LogP contribution in [0.1, 0.15) is 17.6 Å². The van der Waals surface area contributed by atoms with Crippen molar-refractivity contribution in [1.29, 1.82) is 0 Å². The van der Waals surface area contributed by atoms with E-state index in [-0.39, 0.29) is 0 Å². The number of nitrogens with one attached hydrogen (secondary N) is 1.